The van der Waals surface area contributed by atoms with Gasteiger partial charge in [-0.3, -0.25) is 9.48 Å². The van der Waals surface area contributed by atoms with Crippen LogP contribution in [0.15, 0.2) is 36.8 Å². The van der Waals surface area contributed by atoms with E-state index in [1.807, 2.05) is 31.4 Å². The highest BCUT2D eigenvalue weighted by atomic mass is 19.1. The molecular formula is C23H28FN5O. The average Bonchev–Trinajstić information content (AvgIpc) is 3.15. The molecule has 0 spiro atoms. The molecule has 1 aliphatic heterocycles. The van der Waals surface area contributed by atoms with E-state index in [0.29, 0.717) is 24.8 Å². The van der Waals surface area contributed by atoms with Crippen LogP contribution in [0, 0.1) is 5.92 Å². The molecule has 0 N–H and O–H groups in total. The van der Waals surface area contributed by atoms with E-state index in [2.05, 4.69) is 33.8 Å². The summed E-state index contributed by atoms with van der Waals surface area (Å²) in [6.07, 6.45) is 5.85. The van der Waals surface area contributed by atoms with E-state index in [9.17, 15) is 4.79 Å². The number of carbonyl (C=O) groups excluding carboxylic acids is 1. The van der Waals surface area contributed by atoms with Crippen molar-refractivity contribution in [2.24, 2.45) is 13.0 Å². The second-order valence-electron chi connectivity index (χ2n) is 8.72. The van der Waals surface area contributed by atoms with Crippen molar-refractivity contribution >= 4 is 16.7 Å². The quantitative estimate of drug-likeness (QED) is 0.622. The van der Waals surface area contributed by atoms with Crippen LogP contribution in [0.4, 0.5) is 4.39 Å². The van der Waals surface area contributed by atoms with Gasteiger partial charge in [0.1, 0.15) is 5.82 Å². The van der Waals surface area contributed by atoms with Crippen LogP contribution in [0.25, 0.3) is 22.0 Å². The largest absolute Gasteiger partial charge is 0.303 e. The number of carbonyl (C=O) groups is 1. The Morgan fingerprint density at radius 2 is 1.97 bits per heavy atom. The number of nitrogens with zero attached hydrogens (tertiary/aromatic N) is 5. The van der Waals surface area contributed by atoms with Gasteiger partial charge in [0.05, 0.1) is 18.1 Å². The summed E-state index contributed by atoms with van der Waals surface area (Å²) in [6.45, 7) is 6.48. The minimum atomic E-state index is -1.77. The Kier molecular flexibility index (Phi) is 5.64. The number of rotatable bonds is 6. The van der Waals surface area contributed by atoms with Crippen LogP contribution in [-0.2, 0) is 18.3 Å². The Hall–Kier alpha value is -2.67. The van der Waals surface area contributed by atoms with E-state index in [1.54, 1.807) is 17.1 Å². The lowest BCUT2D eigenvalue weighted by atomic mass is 9.87. The van der Waals surface area contributed by atoms with Crippen LogP contribution < -0.4 is 0 Å². The maximum Gasteiger partial charge on any atom is 0.177 e. The molecule has 2 aromatic heterocycles. The van der Waals surface area contributed by atoms with Crippen LogP contribution in [-0.4, -0.2) is 55.7 Å². The van der Waals surface area contributed by atoms with Crippen molar-refractivity contribution in [2.45, 2.75) is 38.8 Å². The molecule has 30 heavy (non-hydrogen) atoms. The normalized spacial score (nSPS) is 17.0. The van der Waals surface area contributed by atoms with Crippen molar-refractivity contribution in [1.29, 1.82) is 0 Å². The molecule has 3 heterocycles. The lowest BCUT2D eigenvalue weighted by Crippen LogP contribution is -2.47. The summed E-state index contributed by atoms with van der Waals surface area (Å²) in [5, 5.41) is 5.09. The van der Waals surface area contributed by atoms with Crippen molar-refractivity contribution in [3.63, 3.8) is 0 Å². The van der Waals surface area contributed by atoms with Gasteiger partial charge in [-0.25, -0.2) is 14.4 Å². The van der Waals surface area contributed by atoms with Crippen molar-refractivity contribution < 1.29 is 9.18 Å². The minimum absolute atomic E-state index is 0.0757. The second kappa shape index (κ2) is 8.22. The molecule has 0 bridgehead atoms. The Labute approximate surface area is 176 Å². The summed E-state index contributed by atoms with van der Waals surface area (Å²) in [4.78, 5) is 23.9. The van der Waals surface area contributed by atoms with Gasteiger partial charge in [-0.2, -0.15) is 5.10 Å². The highest BCUT2D eigenvalue weighted by molar-refractivity contribution is 5.89. The third kappa shape index (κ3) is 4.41. The van der Waals surface area contributed by atoms with E-state index >= 15 is 4.39 Å². The molecule has 0 saturated carbocycles. The van der Waals surface area contributed by atoms with Gasteiger partial charge in [0.25, 0.3) is 0 Å². The fourth-order valence-corrected chi connectivity index (χ4v) is 4.08. The zero-order chi connectivity index (χ0) is 21.3. The lowest BCUT2D eigenvalue weighted by Gasteiger charge is -2.36. The number of ketones is 1. The summed E-state index contributed by atoms with van der Waals surface area (Å²) >= 11 is 0. The maximum atomic E-state index is 15.3. The molecule has 0 amide bonds. The number of fused-ring (bicyclic) bond motifs is 1. The molecule has 1 aliphatic rings. The summed E-state index contributed by atoms with van der Waals surface area (Å²) < 4.78 is 17.1. The summed E-state index contributed by atoms with van der Waals surface area (Å²) in [7, 11) is 1.87. The first kappa shape index (κ1) is 20.6. The standard InChI is InChI=1S/C23H28FN5O/c1-16(2)14-29-8-6-23(24,7-9-29)21(30)11-22-25-12-18-5-4-17(10-20(18)27-22)19-13-26-28(3)15-19/h4-5,10,12-13,15-16H,6-9,11,14H2,1-3H3. The number of aromatic nitrogens is 4. The molecule has 3 aromatic rings. The van der Waals surface area contributed by atoms with Gasteiger partial charge in [0.2, 0.25) is 0 Å². The van der Waals surface area contributed by atoms with E-state index < -0.39 is 11.5 Å². The zero-order valence-electron chi connectivity index (χ0n) is 17.8. The van der Waals surface area contributed by atoms with Crippen LogP contribution in [0.3, 0.4) is 0 Å². The number of hydrogen-bond donors (Lipinski definition) is 0. The molecule has 0 atom stereocenters. The van der Waals surface area contributed by atoms with Crippen molar-refractivity contribution in [3.05, 3.63) is 42.6 Å². The van der Waals surface area contributed by atoms with Gasteiger partial charge in [-0.05, 0) is 17.5 Å². The van der Waals surface area contributed by atoms with Gasteiger partial charge in [-0.1, -0.05) is 26.0 Å². The highest BCUT2D eigenvalue weighted by Gasteiger charge is 2.41. The molecule has 1 saturated heterocycles. The second-order valence-corrected chi connectivity index (χ2v) is 8.72. The van der Waals surface area contributed by atoms with Crippen LogP contribution >= 0.6 is 0 Å². The molecule has 158 valence electrons. The molecule has 6 nitrogen and oxygen atoms in total. The van der Waals surface area contributed by atoms with Crippen LogP contribution in [0.1, 0.15) is 32.5 Å². The van der Waals surface area contributed by atoms with Gasteiger partial charge in [-0.15, -0.1) is 0 Å². The predicted octanol–water partition coefficient (Wildman–Crippen LogP) is 3.60. The van der Waals surface area contributed by atoms with E-state index in [-0.39, 0.29) is 19.3 Å². The maximum absolute atomic E-state index is 15.3. The number of Topliss-reactive ketones (excluding diaryl/α,β-unsaturated/α-hetero) is 1. The van der Waals surface area contributed by atoms with Crippen molar-refractivity contribution in [3.8, 4) is 11.1 Å². The smallest absolute Gasteiger partial charge is 0.177 e. The van der Waals surface area contributed by atoms with Crippen molar-refractivity contribution in [1.82, 2.24) is 24.6 Å². The lowest BCUT2D eigenvalue weighted by molar-refractivity contribution is -0.133. The van der Waals surface area contributed by atoms with E-state index in [4.69, 9.17) is 0 Å². The number of hydrogen-bond acceptors (Lipinski definition) is 5. The summed E-state index contributed by atoms with van der Waals surface area (Å²) in [5.74, 6) is 0.502. The predicted molar refractivity (Wildman–Crippen MR) is 115 cm³/mol. The Balaban J connectivity index is 1.48. The third-order valence-corrected chi connectivity index (χ3v) is 5.76. The first-order valence-corrected chi connectivity index (χ1v) is 10.5. The Morgan fingerprint density at radius 1 is 1.20 bits per heavy atom. The topological polar surface area (TPSA) is 63.9 Å². The van der Waals surface area contributed by atoms with Gasteiger partial charge in [0, 0.05) is 62.9 Å². The number of halogens is 1. The Bertz CT molecular complexity index is 1050. The Morgan fingerprint density at radius 3 is 2.63 bits per heavy atom. The summed E-state index contributed by atoms with van der Waals surface area (Å²) in [5.41, 5.74) is 0.954. The number of alkyl halides is 1. The molecule has 0 aliphatic carbocycles. The number of benzene rings is 1. The summed E-state index contributed by atoms with van der Waals surface area (Å²) in [6, 6.07) is 5.90. The van der Waals surface area contributed by atoms with Gasteiger partial charge >= 0.3 is 0 Å². The van der Waals surface area contributed by atoms with E-state index in [1.165, 1.54) is 0 Å². The number of piperidine rings is 1. The fraction of sp³-hybridized carbons (Fsp3) is 0.478. The van der Waals surface area contributed by atoms with Gasteiger partial charge in [0.15, 0.2) is 11.5 Å². The molecule has 1 aromatic carbocycles. The molecule has 1 fully saturated rings. The molecule has 0 radical (unpaired) electrons. The SMILES string of the molecule is CC(C)CN1CCC(F)(C(=O)Cc2ncc3ccc(-c4cnn(C)c4)cc3n2)CC1. The van der Waals surface area contributed by atoms with E-state index in [0.717, 1.165) is 28.6 Å². The third-order valence-electron chi connectivity index (χ3n) is 5.76. The molecule has 0 unspecified atom stereocenters. The van der Waals surface area contributed by atoms with Crippen molar-refractivity contribution in [2.75, 3.05) is 19.6 Å². The first-order chi connectivity index (χ1) is 14.3. The molecule has 4 rings (SSSR count). The number of likely N-dealkylation sites (tertiary alicyclic amines) is 1. The average molecular weight is 410 g/mol. The number of aryl methyl sites for hydroxylation is 1. The van der Waals surface area contributed by atoms with Crippen LogP contribution in [0.5, 0.6) is 0 Å². The van der Waals surface area contributed by atoms with Gasteiger partial charge < -0.3 is 4.90 Å². The molecule has 7 heteroatoms. The first-order valence-electron chi connectivity index (χ1n) is 10.5. The monoisotopic (exact) mass is 409 g/mol. The highest BCUT2D eigenvalue weighted by Crippen LogP contribution is 2.29. The van der Waals surface area contributed by atoms with Crippen LogP contribution in [0.2, 0.25) is 0 Å². The minimum Gasteiger partial charge on any atom is -0.303 e. The fourth-order valence-electron chi connectivity index (χ4n) is 4.08. The molecular weight excluding hydrogens is 381 g/mol. The zero-order valence-corrected chi connectivity index (χ0v) is 17.8.